The van der Waals surface area contributed by atoms with E-state index >= 15 is 0 Å². The van der Waals surface area contributed by atoms with E-state index in [2.05, 4.69) is 11.9 Å². The number of carbonyl (C=O) groups excluding carboxylic acids is 5. The molecule has 3 N–H and O–H groups in total. The molecule has 4 bridgehead atoms. The van der Waals surface area contributed by atoms with E-state index in [4.69, 9.17) is 9.47 Å². The summed E-state index contributed by atoms with van der Waals surface area (Å²) in [7, 11) is -4.01. The number of cyclic esters (lactones) is 1. The largest absolute Gasteiger partial charge is 0.450 e. The van der Waals surface area contributed by atoms with Crippen molar-refractivity contribution < 1.29 is 55.0 Å². The number of alkyl carbamates (subject to hydrolysis) is 1. The van der Waals surface area contributed by atoms with Gasteiger partial charge in [-0.15, -0.1) is 6.58 Å². The number of sulfonamides is 1. The summed E-state index contributed by atoms with van der Waals surface area (Å²) in [6.45, 7) is 3.48. The second-order valence-corrected chi connectivity index (χ2v) is 15.4. The molecule has 5 amide bonds. The molecule has 3 heterocycles. The van der Waals surface area contributed by atoms with Gasteiger partial charge in [0.1, 0.15) is 23.7 Å². The van der Waals surface area contributed by atoms with Crippen LogP contribution in [-0.4, -0.2) is 96.4 Å². The molecule has 50 heavy (non-hydrogen) atoms. The monoisotopic (exact) mass is 725 g/mol. The van der Waals surface area contributed by atoms with Crippen LogP contribution < -0.4 is 15.4 Å². The van der Waals surface area contributed by atoms with Gasteiger partial charge in [-0.05, 0) is 55.2 Å². The number of ether oxygens (including phenoxy) is 2. The van der Waals surface area contributed by atoms with Crippen molar-refractivity contribution >= 4 is 39.9 Å². The van der Waals surface area contributed by atoms with Crippen molar-refractivity contribution in [3.05, 3.63) is 47.5 Å². The molecule has 2 saturated carbocycles. The Kier molecular flexibility index (Phi) is 9.51. The number of amides is 5. The van der Waals surface area contributed by atoms with Gasteiger partial charge in [0.15, 0.2) is 0 Å². The third-order valence-corrected chi connectivity index (χ3v) is 11.6. The molecule has 1 unspecified atom stereocenters. The van der Waals surface area contributed by atoms with Crippen LogP contribution in [0.3, 0.4) is 0 Å². The third kappa shape index (κ3) is 7.54. The molecule has 2 aliphatic carbocycles. The number of alkyl halides is 3. The molecular formula is C32H38F3N5O9S. The summed E-state index contributed by atoms with van der Waals surface area (Å²) >= 11 is 0. The van der Waals surface area contributed by atoms with Gasteiger partial charge < -0.3 is 25.0 Å². The maximum absolute atomic E-state index is 13.9. The maximum atomic E-state index is 13.9. The first-order chi connectivity index (χ1) is 23.6. The Bertz CT molecular complexity index is 1700. The molecular weight excluding hydrogens is 687 g/mol. The van der Waals surface area contributed by atoms with Crippen molar-refractivity contribution in [2.24, 2.45) is 5.92 Å². The molecule has 1 saturated heterocycles. The van der Waals surface area contributed by atoms with E-state index in [1.54, 1.807) is 0 Å². The number of rotatable bonds is 7. The Morgan fingerprint density at radius 1 is 1.12 bits per heavy atom. The predicted molar refractivity (Wildman–Crippen MR) is 167 cm³/mol. The lowest BCUT2D eigenvalue weighted by Crippen LogP contribution is -2.58. The van der Waals surface area contributed by atoms with Gasteiger partial charge in [-0.2, -0.15) is 13.2 Å². The fraction of sp³-hybridized carbons (Fsp3) is 0.594. The molecule has 3 aliphatic heterocycles. The zero-order chi connectivity index (χ0) is 36.0. The lowest BCUT2D eigenvalue weighted by Gasteiger charge is -2.30. The minimum atomic E-state index is -4.92. The van der Waals surface area contributed by atoms with Crippen molar-refractivity contribution in [3.63, 3.8) is 0 Å². The minimum absolute atomic E-state index is 0.0189. The molecule has 6 rings (SSSR count). The molecule has 0 radical (unpaired) electrons. The van der Waals surface area contributed by atoms with Gasteiger partial charge in [0, 0.05) is 25.4 Å². The number of aryl methyl sites for hydroxylation is 1. The fourth-order valence-corrected chi connectivity index (χ4v) is 8.23. The van der Waals surface area contributed by atoms with E-state index < -0.39 is 94.0 Å². The van der Waals surface area contributed by atoms with Crippen LogP contribution in [0.15, 0.2) is 30.9 Å². The van der Waals surface area contributed by atoms with Crippen LogP contribution in [0.25, 0.3) is 0 Å². The third-order valence-electron chi connectivity index (χ3n) is 9.80. The first-order valence-electron chi connectivity index (χ1n) is 16.5. The van der Waals surface area contributed by atoms with E-state index in [-0.39, 0.29) is 32.5 Å². The normalized spacial score (nSPS) is 28.8. The summed E-state index contributed by atoms with van der Waals surface area (Å²) in [5.41, 5.74) is 1.11. The van der Waals surface area contributed by atoms with E-state index in [1.807, 2.05) is 28.2 Å². The molecule has 5 atom stereocenters. The number of halogens is 3. The number of nitrogens with one attached hydrogen (secondary N) is 3. The second kappa shape index (κ2) is 13.4. The Morgan fingerprint density at radius 2 is 1.86 bits per heavy atom. The number of nitrogens with zero attached hydrogens (tertiary/aromatic N) is 2. The van der Waals surface area contributed by atoms with Crippen LogP contribution in [0, 0.1) is 5.92 Å². The highest BCUT2D eigenvalue weighted by molar-refractivity contribution is 7.91. The minimum Gasteiger partial charge on any atom is -0.450 e. The van der Waals surface area contributed by atoms with Crippen molar-refractivity contribution in [3.8, 4) is 0 Å². The molecule has 1 aromatic carbocycles. The Labute approximate surface area is 286 Å². The molecule has 3 fully saturated rings. The molecule has 272 valence electrons. The van der Waals surface area contributed by atoms with Crippen molar-refractivity contribution in [1.29, 1.82) is 0 Å². The lowest BCUT2D eigenvalue weighted by atomic mass is 9.99. The van der Waals surface area contributed by atoms with Crippen LogP contribution >= 0.6 is 0 Å². The zero-order valence-corrected chi connectivity index (χ0v) is 27.8. The van der Waals surface area contributed by atoms with Gasteiger partial charge >= 0.3 is 18.4 Å². The number of fused-ring (bicyclic) bond motifs is 3. The predicted octanol–water partition coefficient (Wildman–Crippen LogP) is 2.16. The van der Waals surface area contributed by atoms with Crippen molar-refractivity contribution in [1.82, 2.24) is 25.2 Å². The molecule has 1 aromatic rings. The fourth-order valence-electron chi connectivity index (χ4n) is 6.86. The highest BCUT2D eigenvalue weighted by atomic mass is 32.2. The summed E-state index contributed by atoms with van der Waals surface area (Å²) in [6.07, 6.45) is -6.60. The summed E-state index contributed by atoms with van der Waals surface area (Å²) in [6, 6.07) is 1.92. The highest BCUT2D eigenvalue weighted by Crippen LogP contribution is 2.45. The van der Waals surface area contributed by atoms with E-state index in [0.29, 0.717) is 32.1 Å². The van der Waals surface area contributed by atoms with Crippen LogP contribution in [0.2, 0.25) is 0 Å². The molecule has 18 heteroatoms. The topological polar surface area (TPSA) is 181 Å². The average molecular weight is 726 g/mol. The maximum Gasteiger partial charge on any atom is 0.410 e. The molecule has 14 nitrogen and oxygen atoms in total. The molecule has 0 aromatic heterocycles. The average Bonchev–Trinajstić information content (AvgIpc) is 3.93. The number of hydrogen-bond donors (Lipinski definition) is 3. The Morgan fingerprint density at radius 3 is 2.54 bits per heavy atom. The summed E-state index contributed by atoms with van der Waals surface area (Å²) in [5, 5.41) is 3.76. The van der Waals surface area contributed by atoms with Crippen LogP contribution in [0.5, 0.6) is 0 Å². The van der Waals surface area contributed by atoms with Gasteiger partial charge in [0.05, 0.1) is 24.8 Å². The second-order valence-electron chi connectivity index (χ2n) is 13.5. The number of benzene rings is 1. The van der Waals surface area contributed by atoms with E-state index in [1.165, 1.54) is 11.0 Å². The van der Waals surface area contributed by atoms with Crippen molar-refractivity contribution in [2.75, 3.05) is 13.2 Å². The van der Waals surface area contributed by atoms with Gasteiger partial charge in [-0.25, -0.2) is 18.0 Å². The quantitative estimate of drug-likeness (QED) is 0.355. The summed E-state index contributed by atoms with van der Waals surface area (Å²) in [4.78, 5) is 69.2. The van der Waals surface area contributed by atoms with Gasteiger partial charge in [0.25, 0.3) is 5.91 Å². The SMILES string of the molecule is C=C[C@@H]1C[C@@]1(NC(=O)[C@@H]1C[C@@H]2CN1C(=O)C(CC(F)(F)F)NC(=O)OCCCCc1cccc3c1CN(C3)C(=O)O2)C(=O)NS(=O)(=O)C1CC1. The first kappa shape index (κ1) is 35.5. The molecule has 0 spiro atoms. The van der Waals surface area contributed by atoms with E-state index in [9.17, 15) is 45.6 Å². The first-order valence-corrected chi connectivity index (χ1v) is 18.0. The number of hydrogen-bond acceptors (Lipinski definition) is 9. The van der Waals surface area contributed by atoms with Crippen molar-refractivity contribution in [2.45, 2.75) is 99.6 Å². The number of carbonyl (C=O) groups is 5. The van der Waals surface area contributed by atoms with Gasteiger partial charge in [-0.3, -0.25) is 24.0 Å². The smallest absolute Gasteiger partial charge is 0.410 e. The lowest BCUT2D eigenvalue weighted by molar-refractivity contribution is -0.155. The van der Waals surface area contributed by atoms with Gasteiger partial charge in [-0.1, -0.05) is 24.3 Å². The highest BCUT2D eigenvalue weighted by Gasteiger charge is 2.62. The zero-order valence-electron chi connectivity index (χ0n) is 27.0. The van der Waals surface area contributed by atoms with Crippen LogP contribution in [-0.2, 0) is 53.4 Å². The summed E-state index contributed by atoms with van der Waals surface area (Å²) < 4.78 is 79.0. The van der Waals surface area contributed by atoms with E-state index in [0.717, 1.165) is 21.6 Å². The van der Waals surface area contributed by atoms with Crippen LogP contribution in [0.1, 0.15) is 61.6 Å². The summed E-state index contributed by atoms with van der Waals surface area (Å²) in [5.74, 6) is -3.97. The Hall–Kier alpha value is -4.35. The Balaban J connectivity index is 1.27. The van der Waals surface area contributed by atoms with Crippen LogP contribution in [0.4, 0.5) is 22.8 Å². The standard InChI is InChI=1S/C32H38F3N5O9S/c1-2-20-13-31(20,28(43)38-50(46,47)22-9-10-22)37-26(41)25-12-21-16-40(25)27(42)24(14-32(33,34)35)36-29(44)48-11-4-3-6-18-7-5-8-19-15-39(17-23(18)19)30(45)49-21/h2,5,7-8,20-22,24-25H,1,3-4,6,9-17H2,(H,36,44)(H,37,41)(H,38,43)/t20-,21-,24?,25+,31+/m1/s1. The van der Waals surface area contributed by atoms with Gasteiger partial charge in [0.2, 0.25) is 21.8 Å². The molecule has 5 aliphatic rings.